The molecule has 0 aromatic heterocycles. The third kappa shape index (κ3) is 3.48. The quantitative estimate of drug-likeness (QED) is 0.863. The number of ether oxygens (including phenoxy) is 1. The molecule has 0 aliphatic heterocycles. The number of phenols is 1. The highest BCUT2D eigenvalue weighted by molar-refractivity contribution is 5.36. The molecule has 0 spiro atoms. The Kier molecular flexibility index (Phi) is 4.42. The first-order chi connectivity index (χ1) is 9.20. The molecule has 19 heavy (non-hydrogen) atoms. The van der Waals surface area contributed by atoms with E-state index in [1.54, 1.807) is 12.1 Å². The summed E-state index contributed by atoms with van der Waals surface area (Å²) in [5.41, 5.74) is 8.11. The van der Waals surface area contributed by atoms with E-state index in [-0.39, 0.29) is 11.8 Å². The molecule has 0 amide bonds. The van der Waals surface area contributed by atoms with Gasteiger partial charge in [0, 0.05) is 11.6 Å². The van der Waals surface area contributed by atoms with Gasteiger partial charge in [0.1, 0.15) is 18.1 Å². The molecule has 0 aliphatic carbocycles. The van der Waals surface area contributed by atoms with Crippen molar-refractivity contribution in [2.45, 2.75) is 26.0 Å². The lowest BCUT2D eigenvalue weighted by molar-refractivity contribution is 0.300. The fourth-order valence-corrected chi connectivity index (χ4v) is 1.89. The van der Waals surface area contributed by atoms with Crippen molar-refractivity contribution in [1.82, 2.24) is 0 Å². The molecule has 100 valence electrons. The summed E-state index contributed by atoms with van der Waals surface area (Å²) >= 11 is 0. The van der Waals surface area contributed by atoms with Crippen molar-refractivity contribution in [3.63, 3.8) is 0 Å². The fraction of sp³-hybridized carbons (Fsp3) is 0.250. The van der Waals surface area contributed by atoms with E-state index in [2.05, 4.69) is 6.92 Å². The van der Waals surface area contributed by atoms with Gasteiger partial charge in [-0.3, -0.25) is 0 Å². The predicted molar refractivity (Wildman–Crippen MR) is 76.1 cm³/mol. The van der Waals surface area contributed by atoms with E-state index in [0.717, 1.165) is 23.3 Å². The van der Waals surface area contributed by atoms with E-state index in [0.29, 0.717) is 6.61 Å². The number of aromatic hydroxyl groups is 1. The van der Waals surface area contributed by atoms with Gasteiger partial charge in [-0.05, 0) is 30.2 Å². The molecular weight excluding hydrogens is 238 g/mol. The minimum Gasteiger partial charge on any atom is -0.508 e. The summed E-state index contributed by atoms with van der Waals surface area (Å²) in [6.07, 6.45) is 0.875. The average molecular weight is 257 g/mol. The highest BCUT2D eigenvalue weighted by Crippen LogP contribution is 2.26. The van der Waals surface area contributed by atoms with Gasteiger partial charge >= 0.3 is 0 Å². The summed E-state index contributed by atoms with van der Waals surface area (Å²) in [5.74, 6) is 1.09. The third-order valence-electron chi connectivity index (χ3n) is 3.09. The Balaban J connectivity index is 2.09. The highest BCUT2D eigenvalue weighted by Gasteiger charge is 2.09. The molecule has 3 N–H and O–H groups in total. The largest absolute Gasteiger partial charge is 0.508 e. The molecule has 3 nitrogen and oxygen atoms in total. The standard InChI is InChI=1S/C16H19NO2/c1-2-15(17)14-5-3-4-6-16(14)19-11-12-7-9-13(18)10-8-12/h3-10,15,18H,2,11,17H2,1H3/t15-/m1/s1. The van der Waals surface area contributed by atoms with Crippen LogP contribution in [0.1, 0.15) is 30.5 Å². The van der Waals surface area contributed by atoms with Crippen LogP contribution in [0.4, 0.5) is 0 Å². The minimum absolute atomic E-state index is 0.00369. The Morgan fingerprint density at radius 3 is 2.47 bits per heavy atom. The fourth-order valence-electron chi connectivity index (χ4n) is 1.89. The van der Waals surface area contributed by atoms with Gasteiger partial charge in [0.15, 0.2) is 0 Å². The van der Waals surface area contributed by atoms with Crippen LogP contribution in [0.5, 0.6) is 11.5 Å². The molecule has 0 saturated heterocycles. The summed E-state index contributed by atoms with van der Waals surface area (Å²) in [6.45, 7) is 2.52. The van der Waals surface area contributed by atoms with Crippen LogP contribution in [0.2, 0.25) is 0 Å². The van der Waals surface area contributed by atoms with Crippen molar-refractivity contribution < 1.29 is 9.84 Å². The van der Waals surface area contributed by atoms with Gasteiger partial charge in [-0.1, -0.05) is 37.3 Å². The third-order valence-corrected chi connectivity index (χ3v) is 3.09. The van der Waals surface area contributed by atoms with E-state index >= 15 is 0 Å². The zero-order valence-electron chi connectivity index (χ0n) is 11.0. The van der Waals surface area contributed by atoms with Crippen molar-refractivity contribution in [1.29, 1.82) is 0 Å². The Morgan fingerprint density at radius 2 is 1.79 bits per heavy atom. The van der Waals surface area contributed by atoms with Gasteiger partial charge in [0.2, 0.25) is 0 Å². The second-order valence-electron chi connectivity index (χ2n) is 4.51. The van der Waals surface area contributed by atoms with Crippen LogP contribution >= 0.6 is 0 Å². The number of hydrogen-bond acceptors (Lipinski definition) is 3. The number of nitrogens with two attached hydrogens (primary N) is 1. The zero-order valence-corrected chi connectivity index (χ0v) is 11.0. The number of phenolic OH excluding ortho intramolecular Hbond substituents is 1. The van der Waals surface area contributed by atoms with Gasteiger partial charge < -0.3 is 15.6 Å². The maximum absolute atomic E-state index is 9.23. The van der Waals surface area contributed by atoms with Crippen molar-refractivity contribution >= 4 is 0 Å². The number of benzene rings is 2. The van der Waals surface area contributed by atoms with Crippen LogP contribution in [0, 0.1) is 0 Å². The summed E-state index contributed by atoms with van der Waals surface area (Å²) < 4.78 is 5.82. The average Bonchev–Trinajstić information content (AvgIpc) is 2.46. The zero-order chi connectivity index (χ0) is 13.7. The second-order valence-corrected chi connectivity index (χ2v) is 4.51. The predicted octanol–water partition coefficient (Wildman–Crippen LogP) is 3.38. The first-order valence-corrected chi connectivity index (χ1v) is 6.46. The van der Waals surface area contributed by atoms with Crippen LogP contribution in [-0.4, -0.2) is 5.11 Å². The maximum atomic E-state index is 9.23. The molecule has 0 fully saturated rings. The molecule has 0 unspecified atom stereocenters. The van der Waals surface area contributed by atoms with Crippen molar-refractivity contribution in [3.05, 3.63) is 59.7 Å². The molecule has 2 aromatic rings. The van der Waals surface area contributed by atoms with Crippen molar-refractivity contribution in [3.8, 4) is 11.5 Å². The van der Waals surface area contributed by atoms with E-state index in [1.807, 2.05) is 36.4 Å². The molecule has 2 rings (SSSR count). The summed E-state index contributed by atoms with van der Waals surface area (Å²) in [7, 11) is 0. The Bertz CT molecular complexity index is 523. The molecule has 0 radical (unpaired) electrons. The molecule has 0 bridgehead atoms. The number of hydrogen-bond donors (Lipinski definition) is 2. The molecule has 0 aliphatic rings. The van der Waals surface area contributed by atoms with E-state index in [9.17, 15) is 5.11 Å². The van der Waals surface area contributed by atoms with Crippen LogP contribution in [0.3, 0.4) is 0 Å². The molecule has 0 heterocycles. The summed E-state index contributed by atoms with van der Waals surface area (Å²) in [4.78, 5) is 0. The van der Waals surface area contributed by atoms with Gasteiger partial charge in [0.05, 0.1) is 0 Å². The van der Waals surface area contributed by atoms with Crippen LogP contribution in [0.25, 0.3) is 0 Å². The highest BCUT2D eigenvalue weighted by atomic mass is 16.5. The monoisotopic (exact) mass is 257 g/mol. The Labute approximate surface area is 113 Å². The topological polar surface area (TPSA) is 55.5 Å². The lowest BCUT2D eigenvalue weighted by Crippen LogP contribution is -2.10. The number of para-hydroxylation sites is 1. The van der Waals surface area contributed by atoms with Gasteiger partial charge in [-0.15, -0.1) is 0 Å². The SMILES string of the molecule is CC[C@@H](N)c1ccccc1OCc1ccc(O)cc1. The summed E-state index contributed by atoms with van der Waals surface area (Å²) in [5, 5.41) is 9.23. The van der Waals surface area contributed by atoms with Crippen LogP contribution in [0.15, 0.2) is 48.5 Å². The van der Waals surface area contributed by atoms with Crippen LogP contribution in [-0.2, 0) is 6.61 Å². The van der Waals surface area contributed by atoms with E-state index in [1.165, 1.54) is 0 Å². The van der Waals surface area contributed by atoms with Gasteiger partial charge in [-0.25, -0.2) is 0 Å². The Hall–Kier alpha value is -2.00. The van der Waals surface area contributed by atoms with Crippen LogP contribution < -0.4 is 10.5 Å². The molecule has 2 aromatic carbocycles. The number of rotatable bonds is 5. The lowest BCUT2D eigenvalue weighted by atomic mass is 10.0. The second kappa shape index (κ2) is 6.25. The molecule has 0 saturated carbocycles. The Morgan fingerprint density at radius 1 is 1.11 bits per heavy atom. The van der Waals surface area contributed by atoms with Gasteiger partial charge in [0.25, 0.3) is 0 Å². The van der Waals surface area contributed by atoms with E-state index < -0.39 is 0 Å². The lowest BCUT2D eigenvalue weighted by Gasteiger charge is -2.15. The van der Waals surface area contributed by atoms with Crippen molar-refractivity contribution in [2.75, 3.05) is 0 Å². The van der Waals surface area contributed by atoms with Gasteiger partial charge in [-0.2, -0.15) is 0 Å². The molecular formula is C16H19NO2. The van der Waals surface area contributed by atoms with E-state index in [4.69, 9.17) is 10.5 Å². The minimum atomic E-state index is -0.00369. The normalized spacial score (nSPS) is 12.1. The molecule has 1 atom stereocenters. The first kappa shape index (κ1) is 13.4. The maximum Gasteiger partial charge on any atom is 0.124 e. The smallest absolute Gasteiger partial charge is 0.124 e. The molecule has 3 heteroatoms. The summed E-state index contributed by atoms with van der Waals surface area (Å²) in [6, 6.07) is 14.8. The first-order valence-electron chi connectivity index (χ1n) is 6.46. The van der Waals surface area contributed by atoms with Crippen molar-refractivity contribution in [2.24, 2.45) is 5.73 Å².